The van der Waals surface area contributed by atoms with Crippen LogP contribution in [-0.2, 0) is 0 Å². The van der Waals surface area contributed by atoms with Crippen LogP contribution in [0.2, 0.25) is 0 Å². The van der Waals surface area contributed by atoms with Crippen molar-refractivity contribution in [2.75, 3.05) is 21.3 Å². The molecule has 84 valence electrons. The Kier molecular flexibility index (Phi) is 2.81. The second-order valence-electron chi connectivity index (χ2n) is 3.24. The Morgan fingerprint density at radius 3 is 2.38 bits per heavy atom. The molecule has 0 aliphatic carbocycles. The maximum absolute atomic E-state index is 5.35. The SMILES string of the molecule is COc1cc2ccncc2c(OC)c1OC. The Morgan fingerprint density at radius 1 is 1.00 bits per heavy atom. The van der Waals surface area contributed by atoms with Crippen molar-refractivity contribution in [1.82, 2.24) is 4.98 Å². The summed E-state index contributed by atoms with van der Waals surface area (Å²) in [4.78, 5) is 4.08. The van der Waals surface area contributed by atoms with Crippen molar-refractivity contribution in [1.29, 1.82) is 0 Å². The maximum Gasteiger partial charge on any atom is 0.204 e. The van der Waals surface area contributed by atoms with Crippen LogP contribution in [0.5, 0.6) is 17.2 Å². The molecular weight excluding hydrogens is 206 g/mol. The fourth-order valence-electron chi connectivity index (χ4n) is 1.71. The van der Waals surface area contributed by atoms with E-state index in [0.29, 0.717) is 17.2 Å². The van der Waals surface area contributed by atoms with Gasteiger partial charge in [-0.2, -0.15) is 0 Å². The van der Waals surface area contributed by atoms with Crippen molar-refractivity contribution >= 4 is 10.8 Å². The standard InChI is InChI=1S/C12H13NO3/c1-14-10-6-8-4-5-13-7-9(8)11(15-2)12(10)16-3/h4-7H,1-3H3. The van der Waals surface area contributed by atoms with Crippen LogP contribution in [-0.4, -0.2) is 26.3 Å². The van der Waals surface area contributed by atoms with Gasteiger partial charge in [0.2, 0.25) is 5.75 Å². The predicted molar refractivity (Wildman–Crippen MR) is 61.4 cm³/mol. The van der Waals surface area contributed by atoms with Gasteiger partial charge in [0, 0.05) is 17.8 Å². The van der Waals surface area contributed by atoms with Gasteiger partial charge in [0.05, 0.1) is 21.3 Å². The zero-order valence-corrected chi connectivity index (χ0v) is 9.48. The van der Waals surface area contributed by atoms with Crippen LogP contribution in [0.25, 0.3) is 10.8 Å². The fraction of sp³-hybridized carbons (Fsp3) is 0.250. The van der Waals surface area contributed by atoms with Crippen LogP contribution in [0, 0.1) is 0 Å². The third-order valence-corrected chi connectivity index (χ3v) is 2.44. The smallest absolute Gasteiger partial charge is 0.204 e. The second-order valence-corrected chi connectivity index (χ2v) is 3.24. The molecule has 1 heterocycles. The molecule has 0 aliphatic rings. The van der Waals surface area contributed by atoms with Crippen molar-refractivity contribution in [2.45, 2.75) is 0 Å². The summed E-state index contributed by atoms with van der Waals surface area (Å²) < 4.78 is 15.9. The Morgan fingerprint density at radius 2 is 1.75 bits per heavy atom. The molecule has 2 rings (SSSR count). The fourth-order valence-corrected chi connectivity index (χ4v) is 1.71. The lowest BCUT2D eigenvalue weighted by Crippen LogP contribution is -1.96. The van der Waals surface area contributed by atoms with Gasteiger partial charge in [-0.05, 0) is 17.5 Å². The third-order valence-electron chi connectivity index (χ3n) is 2.44. The highest BCUT2D eigenvalue weighted by Gasteiger charge is 2.15. The summed E-state index contributed by atoms with van der Waals surface area (Å²) in [5.41, 5.74) is 0. The number of hydrogen-bond donors (Lipinski definition) is 0. The summed E-state index contributed by atoms with van der Waals surface area (Å²) in [5.74, 6) is 1.88. The highest BCUT2D eigenvalue weighted by atomic mass is 16.5. The van der Waals surface area contributed by atoms with Gasteiger partial charge in [-0.25, -0.2) is 0 Å². The molecule has 0 bridgehead atoms. The van der Waals surface area contributed by atoms with Crippen LogP contribution in [0.1, 0.15) is 0 Å². The summed E-state index contributed by atoms with van der Waals surface area (Å²) in [7, 11) is 4.79. The van der Waals surface area contributed by atoms with Crippen molar-refractivity contribution < 1.29 is 14.2 Å². The molecule has 4 heteroatoms. The summed E-state index contributed by atoms with van der Waals surface area (Å²) in [6.07, 6.45) is 3.48. The molecular formula is C12H13NO3. The summed E-state index contributed by atoms with van der Waals surface area (Å²) in [5, 5.41) is 1.91. The van der Waals surface area contributed by atoms with Gasteiger partial charge in [0.25, 0.3) is 0 Å². The highest BCUT2D eigenvalue weighted by molar-refractivity contribution is 5.92. The first kappa shape index (κ1) is 10.5. The molecule has 1 aromatic carbocycles. The molecule has 0 saturated carbocycles. The van der Waals surface area contributed by atoms with Gasteiger partial charge in [-0.3, -0.25) is 4.98 Å². The Labute approximate surface area is 93.8 Å². The van der Waals surface area contributed by atoms with Crippen molar-refractivity contribution in [3.63, 3.8) is 0 Å². The first-order valence-electron chi connectivity index (χ1n) is 4.84. The quantitative estimate of drug-likeness (QED) is 0.794. The number of hydrogen-bond acceptors (Lipinski definition) is 4. The largest absolute Gasteiger partial charge is 0.493 e. The van der Waals surface area contributed by atoms with E-state index in [0.717, 1.165) is 10.8 Å². The molecule has 4 nitrogen and oxygen atoms in total. The Bertz CT molecular complexity index is 511. The number of aromatic nitrogens is 1. The third kappa shape index (κ3) is 1.52. The maximum atomic E-state index is 5.35. The monoisotopic (exact) mass is 219 g/mol. The Hall–Kier alpha value is -1.97. The minimum Gasteiger partial charge on any atom is -0.493 e. The average Bonchev–Trinajstić information content (AvgIpc) is 2.36. The van der Waals surface area contributed by atoms with E-state index in [1.54, 1.807) is 33.7 Å². The number of methoxy groups -OCH3 is 3. The molecule has 0 radical (unpaired) electrons. The van der Waals surface area contributed by atoms with Crippen LogP contribution in [0.4, 0.5) is 0 Å². The number of fused-ring (bicyclic) bond motifs is 1. The highest BCUT2D eigenvalue weighted by Crippen LogP contribution is 2.42. The van der Waals surface area contributed by atoms with Crippen molar-refractivity contribution in [3.05, 3.63) is 24.5 Å². The number of rotatable bonds is 3. The molecule has 0 saturated heterocycles. The Balaban J connectivity index is 2.82. The first-order valence-corrected chi connectivity index (χ1v) is 4.84. The molecule has 0 fully saturated rings. The average molecular weight is 219 g/mol. The molecule has 0 N–H and O–H groups in total. The number of ether oxygens (including phenoxy) is 3. The summed E-state index contributed by atoms with van der Waals surface area (Å²) in [6.45, 7) is 0. The van der Waals surface area contributed by atoms with Crippen LogP contribution >= 0.6 is 0 Å². The summed E-state index contributed by atoms with van der Waals surface area (Å²) in [6, 6.07) is 3.80. The lowest BCUT2D eigenvalue weighted by molar-refractivity contribution is 0.327. The number of pyridine rings is 1. The molecule has 2 aromatic rings. The molecule has 0 aliphatic heterocycles. The van der Waals surface area contributed by atoms with E-state index in [2.05, 4.69) is 4.98 Å². The number of nitrogens with zero attached hydrogens (tertiary/aromatic N) is 1. The molecule has 0 amide bonds. The zero-order valence-electron chi connectivity index (χ0n) is 9.48. The summed E-state index contributed by atoms with van der Waals surface area (Å²) >= 11 is 0. The van der Waals surface area contributed by atoms with Gasteiger partial charge in [-0.15, -0.1) is 0 Å². The van der Waals surface area contributed by atoms with E-state index in [1.807, 2.05) is 12.1 Å². The second kappa shape index (κ2) is 4.26. The van der Waals surface area contributed by atoms with E-state index in [-0.39, 0.29) is 0 Å². The van der Waals surface area contributed by atoms with E-state index in [9.17, 15) is 0 Å². The van der Waals surface area contributed by atoms with Crippen LogP contribution in [0.15, 0.2) is 24.5 Å². The van der Waals surface area contributed by atoms with Crippen LogP contribution < -0.4 is 14.2 Å². The topological polar surface area (TPSA) is 40.6 Å². The van der Waals surface area contributed by atoms with Crippen LogP contribution in [0.3, 0.4) is 0 Å². The molecule has 1 aromatic heterocycles. The molecule has 0 atom stereocenters. The zero-order chi connectivity index (χ0) is 11.5. The van der Waals surface area contributed by atoms with Crippen molar-refractivity contribution in [3.8, 4) is 17.2 Å². The van der Waals surface area contributed by atoms with Gasteiger partial charge < -0.3 is 14.2 Å². The lowest BCUT2D eigenvalue weighted by Gasteiger charge is -2.14. The lowest BCUT2D eigenvalue weighted by atomic mass is 10.1. The van der Waals surface area contributed by atoms with Gasteiger partial charge >= 0.3 is 0 Å². The molecule has 16 heavy (non-hydrogen) atoms. The minimum atomic E-state index is 0.588. The predicted octanol–water partition coefficient (Wildman–Crippen LogP) is 2.26. The van der Waals surface area contributed by atoms with Gasteiger partial charge in [-0.1, -0.05) is 0 Å². The normalized spacial score (nSPS) is 10.2. The first-order chi connectivity index (χ1) is 7.81. The van der Waals surface area contributed by atoms with Crippen molar-refractivity contribution in [2.24, 2.45) is 0 Å². The molecule has 0 unspecified atom stereocenters. The van der Waals surface area contributed by atoms with E-state index >= 15 is 0 Å². The van der Waals surface area contributed by atoms with Gasteiger partial charge in [0.1, 0.15) is 0 Å². The van der Waals surface area contributed by atoms with E-state index in [1.165, 1.54) is 0 Å². The van der Waals surface area contributed by atoms with Gasteiger partial charge in [0.15, 0.2) is 11.5 Å². The molecule has 0 spiro atoms. The van der Waals surface area contributed by atoms with E-state index < -0.39 is 0 Å². The van der Waals surface area contributed by atoms with E-state index in [4.69, 9.17) is 14.2 Å². The minimum absolute atomic E-state index is 0.588. The number of benzene rings is 1.